The summed E-state index contributed by atoms with van der Waals surface area (Å²) in [4.78, 5) is 49.9. The maximum atomic E-state index is 12.7. The molecule has 0 aliphatic carbocycles. The first-order valence-corrected chi connectivity index (χ1v) is 10.8. The number of nitrogens with one attached hydrogen (secondary N) is 4. The van der Waals surface area contributed by atoms with Crippen LogP contribution in [-0.2, 0) is 4.74 Å². The summed E-state index contributed by atoms with van der Waals surface area (Å²) in [5, 5.41) is 34.3. The SMILES string of the molecule is N=C1O[C@@H](c2ccncc2)[C@@H](NNC(=O)c2cccc([N+](=O)[O-])c2)/C1=N\NC(=O)c1cccc([N+](=O)[O-])c1. The Balaban J connectivity index is 1.57. The van der Waals surface area contributed by atoms with Gasteiger partial charge in [0.1, 0.15) is 17.9 Å². The second-order valence-corrected chi connectivity index (χ2v) is 7.78. The van der Waals surface area contributed by atoms with E-state index in [1.54, 1.807) is 12.1 Å². The molecule has 1 saturated heterocycles. The molecule has 2 aromatic carbocycles. The van der Waals surface area contributed by atoms with Crippen molar-refractivity contribution in [3.8, 4) is 0 Å². The number of rotatable bonds is 8. The molecule has 2 atom stereocenters. The third-order valence-corrected chi connectivity index (χ3v) is 5.37. The van der Waals surface area contributed by atoms with Crippen LogP contribution in [0.1, 0.15) is 32.4 Å². The minimum absolute atomic E-state index is 0.00128. The Morgan fingerprint density at radius 1 is 0.921 bits per heavy atom. The molecule has 15 heteroatoms. The lowest BCUT2D eigenvalue weighted by atomic mass is 10.0. The molecule has 0 unspecified atom stereocenters. The average molecular weight is 518 g/mol. The van der Waals surface area contributed by atoms with Crippen molar-refractivity contribution in [3.05, 3.63) is 110 Å². The van der Waals surface area contributed by atoms with Gasteiger partial charge in [-0.1, -0.05) is 12.1 Å². The number of carbonyl (C=O) groups is 2. The highest BCUT2D eigenvalue weighted by Gasteiger charge is 2.41. The van der Waals surface area contributed by atoms with Gasteiger partial charge < -0.3 is 4.74 Å². The summed E-state index contributed by atoms with van der Waals surface area (Å²) < 4.78 is 5.63. The van der Waals surface area contributed by atoms with Crippen molar-refractivity contribution in [2.75, 3.05) is 0 Å². The highest BCUT2D eigenvalue weighted by atomic mass is 16.6. The van der Waals surface area contributed by atoms with E-state index in [1.165, 1.54) is 48.8 Å². The molecule has 1 aliphatic heterocycles. The Morgan fingerprint density at radius 3 is 2.08 bits per heavy atom. The van der Waals surface area contributed by atoms with Crippen LogP contribution >= 0.6 is 0 Å². The number of benzene rings is 2. The average Bonchev–Trinajstić information content (AvgIpc) is 3.25. The van der Waals surface area contributed by atoms with Crippen LogP contribution in [0.5, 0.6) is 0 Å². The van der Waals surface area contributed by atoms with Gasteiger partial charge in [-0.2, -0.15) is 5.10 Å². The molecular formula is C23H18N8O7. The van der Waals surface area contributed by atoms with Crippen LogP contribution in [-0.4, -0.2) is 44.3 Å². The first-order chi connectivity index (χ1) is 18.2. The molecule has 2 heterocycles. The van der Waals surface area contributed by atoms with Crippen LogP contribution in [0.2, 0.25) is 0 Å². The number of aromatic nitrogens is 1. The summed E-state index contributed by atoms with van der Waals surface area (Å²) in [6, 6.07) is 12.3. The molecule has 15 nitrogen and oxygen atoms in total. The van der Waals surface area contributed by atoms with Gasteiger partial charge in [0.2, 0.25) is 5.90 Å². The summed E-state index contributed by atoms with van der Waals surface area (Å²) >= 11 is 0. The Labute approximate surface area is 213 Å². The normalized spacial score (nSPS) is 17.5. The van der Waals surface area contributed by atoms with E-state index in [2.05, 4.69) is 26.4 Å². The molecule has 4 N–H and O–H groups in total. The number of pyridine rings is 1. The van der Waals surface area contributed by atoms with E-state index in [0.717, 1.165) is 12.1 Å². The van der Waals surface area contributed by atoms with Gasteiger partial charge in [0, 0.05) is 47.8 Å². The van der Waals surface area contributed by atoms with Crippen LogP contribution in [0.15, 0.2) is 78.2 Å². The third-order valence-electron chi connectivity index (χ3n) is 5.37. The highest BCUT2D eigenvalue weighted by Crippen LogP contribution is 2.28. The minimum Gasteiger partial charge on any atom is -0.466 e. The van der Waals surface area contributed by atoms with Crippen LogP contribution < -0.4 is 16.3 Å². The number of hydrogen-bond donors (Lipinski definition) is 4. The smallest absolute Gasteiger partial charge is 0.271 e. The van der Waals surface area contributed by atoms with Crippen LogP contribution in [0.25, 0.3) is 0 Å². The summed E-state index contributed by atoms with van der Waals surface area (Å²) in [6.45, 7) is 0. The second-order valence-electron chi connectivity index (χ2n) is 7.78. The van der Waals surface area contributed by atoms with Crippen LogP contribution in [0.3, 0.4) is 0 Å². The van der Waals surface area contributed by atoms with Crippen molar-refractivity contribution < 1.29 is 24.2 Å². The zero-order valence-electron chi connectivity index (χ0n) is 19.2. The van der Waals surface area contributed by atoms with Crippen LogP contribution in [0, 0.1) is 25.6 Å². The number of ether oxygens (including phenoxy) is 1. The third kappa shape index (κ3) is 5.63. The van der Waals surface area contributed by atoms with Gasteiger partial charge in [0.25, 0.3) is 23.2 Å². The van der Waals surface area contributed by atoms with Crippen molar-refractivity contribution in [2.24, 2.45) is 5.10 Å². The fourth-order valence-corrected chi connectivity index (χ4v) is 3.53. The summed E-state index contributed by atoms with van der Waals surface area (Å²) in [5.74, 6) is -1.89. The molecule has 0 spiro atoms. The molecule has 1 aliphatic rings. The molecule has 3 aromatic rings. The molecule has 0 bridgehead atoms. The Hall–Kier alpha value is -5.57. The number of carbonyl (C=O) groups excluding carboxylic acids is 2. The number of nitro groups is 2. The van der Waals surface area contributed by atoms with Gasteiger partial charge in [-0.25, -0.2) is 10.9 Å². The maximum absolute atomic E-state index is 12.7. The van der Waals surface area contributed by atoms with Gasteiger partial charge in [-0.3, -0.25) is 45.6 Å². The fourth-order valence-electron chi connectivity index (χ4n) is 3.53. The summed E-state index contributed by atoms with van der Waals surface area (Å²) in [7, 11) is 0. The minimum atomic E-state index is -0.988. The van der Waals surface area contributed by atoms with Gasteiger partial charge in [0.15, 0.2) is 0 Å². The Bertz CT molecular complexity index is 1460. The first-order valence-electron chi connectivity index (χ1n) is 10.8. The maximum Gasteiger partial charge on any atom is 0.271 e. The molecule has 0 radical (unpaired) electrons. The van der Waals surface area contributed by atoms with E-state index >= 15 is 0 Å². The van der Waals surface area contributed by atoms with Gasteiger partial charge in [-0.05, 0) is 29.8 Å². The van der Waals surface area contributed by atoms with Crippen molar-refractivity contribution >= 4 is 34.8 Å². The molecule has 0 saturated carbocycles. The monoisotopic (exact) mass is 518 g/mol. The number of amides is 2. The van der Waals surface area contributed by atoms with E-state index in [0.29, 0.717) is 5.56 Å². The fraction of sp³-hybridized carbons (Fsp3) is 0.0870. The van der Waals surface area contributed by atoms with Gasteiger partial charge in [0.05, 0.1) is 9.85 Å². The number of hydrogen-bond acceptors (Lipinski definition) is 11. The topological polar surface area (TPSA) is 215 Å². The summed E-state index contributed by atoms with van der Waals surface area (Å²) in [6.07, 6.45) is 2.13. The van der Waals surface area contributed by atoms with E-state index in [4.69, 9.17) is 10.1 Å². The zero-order chi connectivity index (χ0) is 27.2. The number of hydrazone groups is 1. The lowest BCUT2D eigenvalue weighted by Gasteiger charge is -2.19. The highest BCUT2D eigenvalue weighted by molar-refractivity contribution is 6.41. The van der Waals surface area contributed by atoms with Crippen molar-refractivity contribution in [2.45, 2.75) is 12.1 Å². The second kappa shape index (κ2) is 11.0. The lowest BCUT2D eigenvalue weighted by molar-refractivity contribution is -0.385. The number of nitro benzene ring substituents is 2. The van der Waals surface area contributed by atoms with E-state index in [1.807, 2.05) is 0 Å². The molecule has 4 rings (SSSR count). The Kier molecular flexibility index (Phi) is 7.39. The quantitative estimate of drug-likeness (QED) is 0.253. The van der Waals surface area contributed by atoms with Crippen molar-refractivity contribution in [1.82, 2.24) is 21.3 Å². The molecule has 2 amide bonds. The van der Waals surface area contributed by atoms with Crippen LogP contribution in [0.4, 0.5) is 11.4 Å². The molecule has 1 fully saturated rings. The van der Waals surface area contributed by atoms with Gasteiger partial charge in [-0.15, -0.1) is 0 Å². The largest absolute Gasteiger partial charge is 0.466 e. The van der Waals surface area contributed by atoms with E-state index in [-0.39, 0.29) is 28.2 Å². The molecular weight excluding hydrogens is 500 g/mol. The predicted octanol–water partition coefficient (Wildman–Crippen LogP) is 2.04. The van der Waals surface area contributed by atoms with E-state index < -0.39 is 39.7 Å². The van der Waals surface area contributed by atoms with E-state index in [9.17, 15) is 29.8 Å². The zero-order valence-corrected chi connectivity index (χ0v) is 19.2. The number of non-ortho nitro benzene ring substituents is 2. The first kappa shape index (κ1) is 25.5. The van der Waals surface area contributed by atoms with Crippen molar-refractivity contribution in [3.63, 3.8) is 0 Å². The lowest BCUT2D eigenvalue weighted by Crippen LogP contribution is -2.49. The van der Waals surface area contributed by atoms with Crippen molar-refractivity contribution in [1.29, 1.82) is 5.41 Å². The molecule has 38 heavy (non-hydrogen) atoms. The molecule has 192 valence electrons. The summed E-state index contributed by atoms with van der Waals surface area (Å²) in [5.41, 5.74) is 7.26. The number of nitrogens with zero attached hydrogens (tertiary/aromatic N) is 4. The predicted molar refractivity (Wildman–Crippen MR) is 131 cm³/mol. The standard InChI is InChI=1S/C23H18N8O7/c24-21-19(27-29-23(33)15-4-2-6-17(12-15)31(36)37)18(20(38-21)13-7-9-25-10-8-13)26-28-22(32)14-3-1-5-16(11-14)30(34)35/h1-12,18,20,24,26H,(H,28,32)(H,29,33)/b24-21?,27-19+/t18-,20-/m0/s1. The number of hydrazine groups is 1. The van der Waals surface area contributed by atoms with Gasteiger partial charge >= 0.3 is 0 Å². The molecule has 1 aromatic heterocycles. The Morgan fingerprint density at radius 2 is 1.50 bits per heavy atom.